The molecule has 2 unspecified atom stereocenters. The van der Waals surface area contributed by atoms with Crippen LogP contribution in [0.5, 0.6) is 0 Å². The van der Waals surface area contributed by atoms with E-state index < -0.39 is 47.2 Å². The summed E-state index contributed by atoms with van der Waals surface area (Å²) < 4.78 is 0. The molecule has 2 saturated heterocycles. The average molecular weight is 500 g/mol. The number of hydrogen-bond donors (Lipinski definition) is 6. The highest BCUT2D eigenvalue weighted by Crippen LogP contribution is 2.33. The monoisotopic (exact) mass is 499 g/mol. The molecule has 0 aliphatic carbocycles. The van der Waals surface area contributed by atoms with E-state index in [1.807, 2.05) is 0 Å². The Balaban J connectivity index is 1.61. The lowest BCUT2D eigenvalue weighted by Crippen LogP contribution is -2.68. The van der Waals surface area contributed by atoms with Crippen LogP contribution in [-0.2, 0) is 36.8 Å². The predicted octanol–water partition coefficient (Wildman–Crippen LogP) is -2.58. The van der Waals surface area contributed by atoms with E-state index in [0.717, 1.165) is 4.90 Å². The van der Waals surface area contributed by atoms with Crippen LogP contribution >= 0.6 is 0 Å². The number of nitrogens with one attached hydrogen (secondary N) is 4. The average Bonchev–Trinajstić information content (AvgIpc) is 3.65. The smallest absolute Gasteiger partial charge is 0.251 e. The third-order valence-electron chi connectivity index (χ3n) is 6.68. The Morgan fingerprint density at radius 2 is 1.81 bits per heavy atom. The van der Waals surface area contributed by atoms with Gasteiger partial charge in [0.15, 0.2) is 11.3 Å². The first-order valence-corrected chi connectivity index (χ1v) is 11.7. The highest BCUT2D eigenvalue weighted by molar-refractivity contribution is 6.15. The number of rotatable bonds is 10. The molecule has 4 atom stereocenters. The van der Waals surface area contributed by atoms with Gasteiger partial charge in [-0.2, -0.15) is 0 Å². The molecule has 192 valence electrons. The minimum atomic E-state index is -1.99. The largest absolute Gasteiger partial charge is 0.367 e. The number of imidazole rings is 2. The van der Waals surface area contributed by atoms with Gasteiger partial charge in [0.2, 0.25) is 17.7 Å². The van der Waals surface area contributed by atoms with Crippen LogP contribution in [0.1, 0.15) is 37.1 Å². The molecule has 2 aromatic rings. The first-order chi connectivity index (χ1) is 17.2. The number of Topliss-reactive ketones (excluding diaryl/α,β-unsaturated/α-hetero) is 1. The number of H-pyrrole nitrogens is 2. The predicted molar refractivity (Wildman–Crippen MR) is 124 cm³/mol. The first-order valence-electron chi connectivity index (χ1n) is 11.7. The number of nitrogens with two attached hydrogens (primary N) is 2. The molecular weight excluding hydrogens is 470 g/mol. The van der Waals surface area contributed by atoms with Crippen molar-refractivity contribution in [1.82, 2.24) is 35.5 Å². The Kier molecular flexibility index (Phi) is 7.15. The summed E-state index contributed by atoms with van der Waals surface area (Å²) >= 11 is 0. The molecule has 2 fully saturated rings. The van der Waals surface area contributed by atoms with Crippen LogP contribution in [0.2, 0.25) is 0 Å². The van der Waals surface area contributed by atoms with Crippen molar-refractivity contribution in [3.05, 3.63) is 36.4 Å². The summed E-state index contributed by atoms with van der Waals surface area (Å²) in [6, 6.07) is -3.10. The van der Waals surface area contributed by atoms with E-state index in [1.165, 1.54) is 12.7 Å². The summed E-state index contributed by atoms with van der Waals surface area (Å²) in [7, 11) is 0. The van der Waals surface area contributed by atoms with Crippen molar-refractivity contribution in [1.29, 1.82) is 0 Å². The number of hydrogen-bond acceptors (Lipinski definition) is 8. The fraction of sp³-hybridized carbons (Fsp3) is 0.500. The molecule has 8 N–H and O–H groups in total. The molecule has 4 heterocycles. The topological polar surface area (TPSA) is 222 Å². The summed E-state index contributed by atoms with van der Waals surface area (Å²) in [5, 5.41) is 5.21. The number of carbonyl (C=O) groups excluding carboxylic acids is 5. The molecule has 2 aliphatic heterocycles. The van der Waals surface area contributed by atoms with Crippen molar-refractivity contribution in [3.63, 3.8) is 0 Å². The second-order valence-electron chi connectivity index (χ2n) is 9.04. The van der Waals surface area contributed by atoms with Crippen LogP contribution in [0, 0.1) is 0 Å². The molecular formula is C22H29N9O5. The standard InChI is InChI=1S/C22H29N9O5/c23-14(6-12-8-25-10-27-12)20(35)31-5-1-4-22(31,21(24)36)18(33)16(7-13-9-26-11-28-13)30-19(34)15-2-3-17(32)29-15/h8-11,14-16H,1-7,23H2,(H2,24,36)(H,25,27)(H,26,28)(H,29,32)(H,30,34)/t14?,15-,16?,22+/m0/s1. The SMILES string of the molecule is NC(=O)[C@]1(C(=O)C(Cc2c[nH]cn2)NC(=O)[C@@H]2CCC(=O)N2)CCCN1C(=O)C(N)Cc1c[nH]cn1. The highest BCUT2D eigenvalue weighted by Gasteiger charge is 2.57. The zero-order valence-electron chi connectivity index (χ0n) is 19.5. The molecule has 0 saturated carbocycles. The van der Waals surface area contributed by atoms with Gasteiger partial charge in [0, 0.05) is 38.2 Å². The minimum Gasteiger partial charge on any atom is -0.367 e. The zero-order valence-corrected chi connectivity index (χ0v) is 19.5. The molecule has 14 heteroatoms. The van der Waals surface area contributed by atoms with Crippen LogP contribution < -0.4 is 22.1 Å². The van der Waals surface area contributed by atoms with E-state index in [2.05, 4.69) is 30.6 Å². The Labute approximate surface area is 206 Å². The number of ketones is 1. The second kappa shape index (κ2) is 10.3. The maximum absolute atomic E-state index is 14.0. The number of primary amides is 1. The van der Waals surface area contributed by atoms with E-state index >= 15 is 0 Å². The normalized spacial score (nSPS) is 23.2. The van der Waals surface area contributed by atoms with Gasteiger partial charge in [-0.05, 0) is 19.3 Å². The van der Waals surface area contributed by atoms with Gasteiger partial charge in [-0.25, -0.2) is 9.97 Å². The van der Waals surface area contributed by atoms with E-state index in [-0.39, 0.29) is 44.6 Å². The highest BCUT2D eigenvalue weighted by atomic mass is 16.2. The molecule has 0 radical (unpaired) electrons. The Hall–Kier alpha value is -4.07. The number of carbonyl (C=O) groups is 5. The Morgan fingerprint density at radius 3 is 2.36 bits per heavy atom. The quantitative estimate of drug-likeness (QED) is 0.190. The van der Waals surface area contributed by atoms with Gasteiger partial charge < -0.3 is 37.0 Å². The number of nitrogens with zero attached hydrogens (tertiary/aromatic N) is 3. The molecule has 14 nitrogen and oxygen atoms in total. The molecule has 0 aromatic carbocycles. The third kappa shape index (κ3) is 4.84. The van der Waals surface area contributed by atoms with Gasteiger partial charge in [-0.3, -0.25) is 24.0 Å². The fourth-order valence-electron chi connectivity index (χ4n) is 4.86. The first kappa shape index (κ1) is 25.0. The van der Waals surface area contributed by atoms with Crippen molar-refractivity contribution in [3.8, 4) is 0 Å². The lowest BCUT2D eigenvalue weighted by atomic mass is 9.83. The minimum absolute atomic E-state index is 0.00483. The van der Waals surface area contributed by atoms with Crippen LogP contribution in [-0.4, -0.2) is 84.5 Å². The summed E-state index contributed by atoms with van der Waals surface area (Å²) in [6.07, 6.45) is 6.88. The van der Waals surface area contributed by atoms with E-state index in [1.54, 1.807) is 12.4 Å². The number of amides is 4. The van der Waals surface area contributed by atoms with Crippen LogP contribution in [0.25, 0.3) is 0 Å². The summed E-state index contributed by atoms with van der Waals surface area (Å²) in [4.78, 5) is 79.6. The lowest BCUT2D eigenvalue weighted by molar-refractivity contribution is -0.153. The molecule has 2 aromatic heterocycles. The van der Waals surface area contributed by atoms with E-state index in [0.29, 0.717) is 17.8 Å². The van der Waals surface area contributed by atoms with Gasteiger partial charge in [0.1, 0.15) is 6.04 Å². The Morgan fingerprint density at radius 1 is 1.14 bits per heavy atom. The van der Waals surface area contributed by atoms with Crippen LogP contribution in [0.4, 0.5) is 0 Å². The maximum Gasteiger partial charge on any atom is 0.251 e. The molecule has 0 spiro atoms. The van der Waals surface area contributed by atoms with Crippen LogP contribution in [0.15, 0.2) is 25.0 Å². The molecule has 4 rings (SSSR count). The van der Waals surface area contributed by atoms with Crippen molar-refractivity contribution in [2.75, 3.05) is 6.54 Å². The second-order valence-corrected chi connectivity index (χ2v) is 9.04. The third-order valence-corrected chi connectivity index (χ3v) is 6.68. The summed E-state index contributed by atoms with van der Waals surface area (Å²) in [5.74, 6) is -3.18. The van der Waals surface area contributed by atoms with Gasteiger partial charge in [0.25, 0.3) is 5.91 Å². The number of aromatic amines is 2. The molecule has 2 aliphatic rings. The zero-order chi connectivity index (χ0) is 25.9. The van der Waals surface area contributed by atoms with E-state index in [9.17, 15) is 24.0 Å². The number of aromatic nitrogens is 4. The van der Waals surface area contributed by atoms with Crippen LogP contribution in [0.3, 0.4) is 0 Å². The van der Waals surface area contributed by atoms with Gasteiger partial charge in [0.05, 0.1) is 36.1 Å². The van der Waals surface area contributed by atoms with Crippen molar-refractivity contribution in [2.24, 2.45) is 11.5 Å². The Bertz CT molecular complexity index is 1130. The van der Waals surface area contributed by atoms with Crippen molar-refractivity contribution >= 4 is 29.4 Å². The molecule has 0 bridgehead atoms. The molecule has 4 amide bonds. The number of likely N-dealkylation sites (tertiary alicyclic amines) is 1. The summed E-state index contributed by atoms with van der Waals surface area (Å²) in [5.41, 5.74) is 10.9. The van der Waals surface area contributed by atoms with Gasteiger partial charge in [-0.15, -0.1) is 0 Å². The lowest BCUT2D eigenvalue weighted by Gasteiger charge is -2.38. The maximum atomic E-state index is 14.0. The van der Waals surface area contributed by atoms with Crippen molar-refractivity contribution in [2.45, 2.75) is 62.2 Å². The summed E-state index contributed by atoms with van der Waals surface area (Å²) in [6.45, 7) is 0.101. The van der Waals surface area contributed by atoms with Gasteiger partial charge >= 0.3 is 0 Å². The molecule has 36 heavy (non-hydrogen) atoms. The fourth-order valence-corrected chi connectivity index (χ4v) is 4.86. The van der Waals surface area contributed by atoms with E-state index in [4.69, 9.17) is 11.5 Å². The van der Waals surface area contributed by atoms with Gasteiger partial charge in [-0.1, -0.05) is 0 Å². The van der Waals surface area contributed by atoms with Crippen molar-refractivity contribution < 1.29 is 24.0 Å².